The van der Waals surface area contributed by atoms with Crippen LogP contribution < -0.4 is 0 Å². The van der Waals surface area contributed by atoms with Crippen molar-refractivity contribution in [1.29, 1.82) is 0 Å². The number of allylic oxidation sites excluding steroid dienone is 1. The van der Waals surface area contributed by atoms with Crippen molar-refractivity contribution < 1.29 is 12.8 Å². The Bertz CT molecular complexity index is 1200. The minimum absolute atomic E-state index is 0.0730. The molecule has 158 valence electrons. The van der Waals surface area contributed by atoms with E-state index in [0.29, 0.717) is 11.3 Å². The van der Waals surface area contributed by atoms with Crippen LogP contribution in [0.4, 0.5) is 0 Å². The maximum Gasteiger partial charge on any atom is 0.268 e. The van der Waals surface area contributed by atoms with Gasteiger partial charge in [-0.1, -0.05) is 63.7 Å². The fourth-order valence-corrected chi connectivity index (χ4v) is 5.34. The molecule has 0 saturated carbocycles. The van der Waals surface area contributed by atoms with Gasteiger partial charge in [-0.25, -0.2) is 12.4 Å². The van der Waals surface area contributed by atoms with Crippen LogP contribution in [0.2, 0.25) is 18.1 Å². The summed E-state index contributed by atoms with van der Waals surface area (Å²) >= 11 is 0. The summed E-state index contributed by atoms with van der Waals surface area (Å²) in [5.74, 6) is 0.587. The Labute approximate surface area is 180 Å². The van der Waals surface area contributed by atoms with Crippen LogP contribution in [0.15, 0.2) is 84.1 Å². The first-order chi connectivity index (χ1) is 13.9. The van der Waals surface area contributed by atoms with Gasteiger partial charge in [0.15, 0.2) is 0 Å². The molecule has 0 N–H and O–H groups in total. The van der Waals surface area contributed by atoms with Gasteiger partial charge in [0.1, 0.15) is 0 Å². The van der Waals surface area contributed by atoms with E-state index in [2.05, 4.69) is 40.4 Å². The predicted octanol–water partition coefficient (Wildman–Crippen LogP) is 6.43. The number of benzene rings is 2. The van der Waals surface area contributed by atoms with Crippen LogP contribution in [0, 0.1) is 0 Å². The molecule has 0 unspecified atom stereocenters. The van der Waals surface area contributed by atoms with Crippen molar-refractivity contribution in [3.05, 3.63) is 84.8 Å². The van der Waals surface area contributed by atoms with Crippen molar-refractivity contribution in [3.63, 3.8) is 0 Å². The van der Waals surface area contributed by atoms with E-state index < -0.39 is 18.3 Å². The van der Waals surface area contributed by atoms with Crippen LogP contribution in [0.3, 0.4) is 0 Å². The van der Waals surface area contributed by atoms with Gasteiger partial charge in [-0.3, -0.25) is 0 Å². The standard InChI is InChI=1S/C24H29NO3SSi/c1-19(28-30(5,6)24(2,3)4)16-17-20-18-25(23-15-11-10-14-22(20)23)29(26,27)21-12-8-7-9-13-21/h7-18H,1H2,2-6H3/b17-16+. The highest BCUT2D eigenvalue weighted by Crippen LogP contribution is 2.38. The van der Waals surface area contributed by atoms with Crippen LogP contribution >= 0.6 is 0 Å². The van der Waals surface area contributed by atoms with Crippen molar-refractivity contribution in [3.8, 4) is 0 Å². The molecule has 1 heterocycles. The van der Waals surface area contributed by atoms with Gasteiger partial charge in [-0.05, 0) is 48.5 Å². The van der Waals surface area contributed by atoms with E-state index in [1.807, 2.05) is 36.4 Å². The average molecular weight is 440 g/mol. The van der Waals surface area contributed by atoms with Crippen molar-refractivity contribution in [2.45, 2.75) is 43.8 Å². The van der Waals surface area contributed by atoms with Crippen molar-refractivity contribution in [2.24, 2.45) is 0 Å². The first-order valence-electron chi connectivity index (χ1n) is 9.90. The van der Waals surface area contributed by atoms with E-state index >= 15 is 0 Å². The summed E-state index contributed by atoms with van der Waals surface area (Å²) in [5, 5.41) is 0.928. The molecule has 2 aromatic carbocycles. The Morgan fingerprint density at radius 2 is 1.63 bits per heavy atom. The SMILES string of the molecule is C=C(/C=C/c1cn(S(=O)(=O)c2ccccc2)c2ccccc12)O[Si](C)(C)C(C)(C)C. The fourth-order valence-electron chi connectivity index (χ4n) is 2.91. The number of hydrogen-bond donors (Lipinski definition) is 0. The Balaban J connectivity index is 1.99. The van der Waals surface area contributed by atoms with Crippen molar-refractivity contribution >= 4 is 35.3 Å². The molecule has 3 rings (SSSR count). The number of aromatic nitrogens is 1. The Morgan fingerprint density at radius 3 is 2.27 bits per heavy atom. The maximum absolute atomic E-state index is 13.2. The maximum atomic E-state index is 13.2. The third kappa shape index (κ3) is 4.30. The molecule has 0 amide bonds. The minimum atomic E-state index is -3.70. The number of para-hydroxylation sites is 1. The Morgan fingerprint density at radius 1 is 1.03 bits per heavy atom. The molecule has 3 aromatic rings. The topological polar surface area (TPSA) is 48.3 Å². The van der Waals surface area contributed by atoms with E-state index in [-0.39, 0.29) is 9.93 Å². The molecule has 30 heavy (non-hydrogen) atoms. The summed E-state index contributed by atoms with van der Waals surface area (Å²) < 4.78 is 34.0. The first-order valence-corrected chi connectivity index (χ1v) is 14.2. The van der Waals surface area contributed by atoms with E-state index in [0.717, 1.165) is 10.9 Å². The highest BCUT2D eigenvalue weighted by Gasteiger charge is 2.38. The van der Waals surface area contributed by atoms with Crippen molar-refractivity contribution in [1.82, 2.24) is 3.97 Å². The summed E-state index contributed by atoms with van der Waals surface area (Å²) in [7, 11) is -5.68. The molecule has 0 saturated heterocycles. The summed E-state index contributed by atoms with van der Waals surface area (Å²) in [5.41, 5.74) is 1.43. The van der Waals surface area contributed by atoms with Crippen molar-refractivity contribution in [2.75, 3.05) is 0 Å². The molecule has 0 aliphatic heterocycles. The lowest BCUT2D eigenvalue weighted by molar-refractivity contribution is 0.402. The Hall–Kier alpha value is -2.57. The third-order valence-corrected chi connectivity index (χ3v) is 11.7. The van der Waals surface area contributed by atoms with Gasteiger partial charge >= 0.3 is 0 Å². The molecular formula is C24H29NO3SSi. The molecule has 0 atom stereocenters. The molecule has 0 bridgehead atoms. The van der Waals surface area contributed by atoms with E-state index in [1.54, 1.807) is 36.5 Å². The predicted molar refractivity (Wildman–Crippen MR) is 127 cm³/mol. The van der Waals surface area contributed by atoms with Crippen LogP contribution in [0.25, 0.3) is 17.0 Å². The van der Waals surface area contributed by atoms with Gasteiger partial charge in [0.2, 0.25) is 8.32 Å². The quantitative estimate of drug-likeness (QED) is 0.253. The molecule has 0 spiro atoms. The highest BCUT2D eigenvalue weighted by atomic mass is 32.2. The van der Waals surface area contributed by atoms with Crippen LogP contribution in [-0.2, 0) is 14.4 Å². The van der Waals surface area contributed by atoms with Crippen LogP contribution in [0.5, 0.6) is 0 Å². The summed E-state index contributed by atoms with van der Waals surface area (Å²) in [6.07, 6.45) is 5.35. The summed E-state index contributed by atoms with van der Waals surface area (Å²) in [4.78, 5) is 0.256. The zero-order valence-electron chi connectivity index (χ0n) is 18.2. The molecule has 0 aliphatic rings. The van der Waals surface area contributed by atoms with Gasteiger partial charge in [0.05, 0.1) is 16.2 Å². The summed E-state index contributed by atoms with van der Waals surface area (Å²) in [6, 6.07) is 15.9. The fraction of sp³-hybridized carbons (Fsp3) is 0.250. The number of hydrogen-bond acceptors (Lipinski definition) is 3. The van der Waals surface area contributed by atoms with Crippen LogP contribution in [-0.4, -0.2) is 20.7 Å². The first kappa shape index (κ1) is 22.1. The monoisotopic (exact) mass is 439 g/mol. The van der Waals surface area contributed by atoms with Gasteiger partial charge in [0.25, 0.3) is 10.0 Å². The van der Waals surface area contributed by atoms with Gasteiger partial charge in [0, 0.05) is 17.1 Å². The lowest BCUT2D eigenvalue weighted by atomic mass is 10.1. The minimum Gasteiger partial charge on any atom is -0.544 e. The Kier molecular flexibility index (Phi) is 5.84. The lowest BCUT2D eigenvalue weighted by Crippen LogP contribution is -2.40. The van der Waals surface area contributed by atoms with Gasteiger partial charge in [-0.2, -0.15) is 0 Å². The average Bonchev–Trinajstić information content (AvgIpc) is 3.05. The molecule has 6 heteroatoms. The smallest absolute Gasteiger partial charge is 0.268 e. The highest BCUT2D eigenvalue weighted by molar-refractivity contribution is 7.90. The molecule has 4 nitrogen and oxygen atoms in total. The zero-order chi connectivity index (χ0) is 22.2. The van der Waals surface area contributed by atoms with E-state index in [1.165, 1.54) is 3.97 Å². The molecule has 0 radical (unpaired) electrons. The molecule has 0 aliphatic carbocycles. The van der Waals surface area contributed by atoms with Gasteiger partial charge in [-0.15, -0.1) is 0 Å². The van der Waals surface area contributed by atoms with E-state index in [4.69, 9.17) is 4.43 Å². The zero-order valence-corrected chi connectivity index (χ0v) is 20.0. The van der Waals surface area contributed by atoms with E-state index in [9.17, 15) is 8.42 Å². The molecule has 0 fully saturated rings. The molecule has 1 aromatic heterocycles. The largest absolute Gasteiger partial charge is 0.544 e. The third-order valence-electron chi connectivity index (χ3n) is 5.65. The second-order valence-corrected chi connectivity index (χ2v) is 15.4. The normalized spacial score (nSPS) is 13.1. The number of rotatable bonds is 6. The van der Waals surface area contributed by atoms with Gasteiger partial charge < -0.3 is 4.43 Å². The lowest BCUT2D eigenvalue weighted by Gasteiger charge is -2.36. The summed E-state index contributed by atoms with van der Waals surface area (Å²) in [6.45, 7) is 14.9. The molecular weight excluding hydrogens is 410 g/mol. The number of nitrogens with zero attached hydrogens (tertiary/aromatic N) is 1. The second-order valence-electron chi connectivity index (χ2n) is 8.88. The number of fused-ring (bicyclic) bond motifs is 1. The second kappa shape index (κ2) is 7.93. The van der Waals surface area contributed by atoms with Crippen LogP contribution in [0.1, 0.15) is 26.3 Å².